The number of imide groups is 1. The number of nitrogens with zero attached hydrogens (tertiary/aromatic N) is 1. The summed E-state index contributed by atoms with van der Waals surface area (Å²) in [5, 5.41) is 9.12. The van der Waals surface area contributed by atoms with Crippen molar-refractivity contribution in [3.05, 3.63) is 42.0 Å². The zero-order valence-corrected chi connectivity index (χ0v) is 12.3. The molecule has 5 nitrogen and oxygen atoms in total. The predicted molar refractivity (Wildman–Crippen MR) is 80.7 cm³/mol. The Hall–Kier alpha value is -2.43. The minimum Gasteiger partial charge on any atom is -0.478 e. The molecule has 0 unspecified atom stereocenters. The summed E-state index contributed by atoms with van der Waals surface area (Å²) in [7, 11) is 0. The fourth-order valence-electron chi connectivity index (χ4n) is 5.11. The van der Waals surface area contributed by atoms with E-state index in [1.165, 1.54) is 17.0 Å². The monoisotopic (exact) mass is 309 g/mol. The summed E-state index contributed by atoms with van der Waals surface area (Å²) in [4.78, 5) is 38.2. The molecule has 0 aromatic heterocycles. The molecule has 2 bridgehead atoms. The lowest BCUT2D eigenvalue weighted by molar-refractivity contribution is -0.123. The molecule has 1 spiro atoms. The van der Waals surface area contributed by atoms with Gasteiger partial charge in [0.2, 0.25) is 11.8 Å². The van der Waals surface area contributed by atoms with Crippen molar-refractivity contribution in [1.82, 2.24) is 0 Å². The number of carbonyl (C=O) groups excluding carboxylic acids is 2. The molecule has 116 valence electrons. The maximum Gasteiger partial charge on any atom is 0.335 e. The van der Waals surface area contributed by atoms with Crippen molar-refractivity contribution >= 4 is 23.5 Å². The van der Waals surface area contributed by atoms with E-state index in [4.69, 9.17) is 5.11 Å². The second-order valence-electron chi connectivity index (χ2n) is 7.09. The molecule has 1 heterocycles. The number of aromatic carboxylic acids is 1. The van der Waals surface area contributed by atoms with Crippen molar-refractivity contribution in [1.29, 1.82) is 0 Å². The van der Waals surface area contributed by atoms with Gasteiger partial charge in [-0.15, -0.1) is 0 Å². The maximum absolute atomic E-state index is 12.9. The molecule has 3 fully saturated rings. The molecular weight excluding hydrogens is 294 g/mol. The van der Waals surface area contributed by atoms with Crippen LogP contribution in [0.1, 0.15) is 23.2 Å². The highest BCUT2D eigenvalue weighted by atomic mass is 16.4. The van der Waals surface area contributed by atoms with E-state index in [1.54, 1.807) is 12.1 Å². The van der Waals surface area contributed by atoms with Gasteiger partial charge < -0.3 is 5.11 Å². The van der Waals surface area contributed by atoms with Crippen LogP contribution in [0.3, 0.4) is 0 Å². The SMILES string of the molecule is O=C(O)c1cccc(N2C(=O)[C@H]3[C@H](C2=O)[C@@H]2C=C[C@H]3C23CC3)c1. The predicted octanol–water partition coefficient (Wildman–Crippen LogP) is 2.09. The van der Waals surface area contributed by atoms with Crippen LogP contribution in [-0.4, -0.2) is 22.9 Å². The molecule has 1 saturated heterocycles. The summed E-state index contributed by atoms with van der Waals surface area (Å²) in [6.45, 7) is 0. The highest BCUT2D eigenvalue weighted by Crippen LogP contribution is 2.73. The van der Waals surface area contributed by atoms with Gasteiger partial charge in [0.05, 0.1) is 23.1 Å². The van der Waals surface area contributed by atoms with E-state index in [9.17, 15) is 14.4 Å². The van der Waals surface area contributed by atoms with Crippen LogP contribution < -0.4 is 4.90 Å². The van der Waals surface area contributed by atoms with Crippen LogP contribution in [0.25, 0.3) is 0 Å². The van der Waals surface area contributed by atoms with Crippen molar-refractivity contribution in [2.45, 2.75) is 12.8 Å². The van der Waals surface area contributed by atoms with E-state index < -0.39 is 5.97 Å². The number of amides is 2. The summed E-state index contributed by atoms with van der Waals surface area (Å²) in [5.74, 6) is -1.54. The Balaban J connectivity index is 1.56. The molecule has 1 aromatic rings. The Morgan fingerprint density at radius 1 is 1.09 bits per heavy atom. The number of fused-ring (bicyclic) bond motifs is 3. The van der Waals surface area contributed by atoms with Crippen LogP contribution in [0.4, 0.5) is 5.69 Å². The van der Waals surface area contributed by atoms with Gasteiger partial charge in [-0.05, 0) is 48.3 Å². The van der Waals surface area contributed by atoms with E-state index in [0.29, 0.717) is 5.69 Å². The lowest BCUT2D eigenvalue weighted by Gasteiger charge is -2.21. The molecule has 1 N–H and O–H groups in total. The van der Waals surface area contributed by atoms with Crippen LogP contribution >= 0.6 is 0 Å². The number of anilines is 1. The largest absolute Gasteiger partial charge is 0.478 e. The van der Waals surface area contributed by atoms with Crippen molar-refractivity contribution in [3.8, 4) is 0 Å². The first-order valence-corrected chi connectivity index (χ1v) is 7.94. The van der Waals surface area contributed by atoms with E-state index >= 15 is 0 Å². The van der Waals surface area contributed by atoms with Crippen molar-refractivity contribution in [2.75, 3.05) is 4.90 Å². The number of carboxylic acid groups (broad SMARTS) is 1. The van der Waals surface area contributed by atoms with E-state index in [-0.39, 0.29) is 46.5 Å². The Morgan fingerprint density at radius 3 is 2.22 bits per heavy atom. The molecule has 1 aliphatic heterocycles. The molecule has 4 atom stereocenters. The number of carbonyl (C=O) groups is 3. The van der Waals surface area contributed by atoms with Gasteiger partial charge in [-0.2, -0.15) is 0 Å². The average molecular weight is 309 g/mol. The van der Waals surface area contributed by atoms with E-state index in [1.807, 2.05) is 0 Å². The molecule has 5 rings (SSSR count). The summed E-state index contributed by atoms with van der Waals surface area (Å²) in [6, 6.07) is 6.07. The molecule has 4 aliphatic rings. The summed E-state index contributed by atoms with van der Waals surface area (Å²) in [6.07, 6.45) is 6.47. The molecular formula is C18H15NO4. The minimum absolute atomic E-state index is 0.0833. The van der Waals surface area contributed by atoms with E-state index in [0.717, 1.165) is 12.8 Å². The molecule has 23 heavy (non-hydrogen) atoms. The Kier molecular flexibility index (Phi) is 2.22. The first-order chi connectivity index (χ1) is 11.0. The number of allylic oxidation sites excluding steroid dienone is 2. The molecule has 3 aliphatic carbocycles. The quantitative estimate of drug-likeness (QED) is 0.670. The smallest absolute Gasteiger partial charge is 0.335 e. The van der Waals surface area contributed by atoms with E-state index in [2.05, 4.69) is 12.2 Å². The molecule has 5 heteroatoms. The number of benzene rings is 1. The van der Waals surface area contributed by atoms with Crippen LogP contribution in [0.5, 0.6) is 0 Å². The van der Waals surface area contributed by atoms with Gasteiger partial charge in [-0.3, -0.25) is 9.59 Å². The lowest BCUT2D eigenvalue weighted by atomic mass is 9.85. The van der Waals surface area contributed by atoms with Crippen LogP contribution in [-0.2, 0) is 9.59 Å². The molecule has 0 radical (unpaired) electrons. The van der Waals surface area contributed by atoms with Gasteiger partial charge in [0.1, 0.15) is 0 Å². The minimum atomic E-state index is -1.06. The first kappa shape index (κ1) is 13.0. The normalized spacial score (nSPS) is 35.2. The summed E-state index contributed by atoms with van der Waals surface area (Å²) >= 11 is 0. The van der Waals surface area contributed by atoms with Gasteiger partial charge in [0.25, 0.3) is 0 Å². The first-order valence-electron chi connectivity index (χ1n) is 7.94. The zero-order chi connectivity index (χ0) is 15.9. The standard InChI is InChI=1S/C18H15NO4/c20-15-13-11-4-5-12(18(11)6-7-18)14(13)16(21)19(15)10-3-1-2-9(8-10)17(22)23/h1-5,8,11-14H,6-7H2,(H,22,23)/t11-,12+,13-,14-/m1/s1. The summed E-state index contributed by atoms with van der Waals surface area (Å²) in [5.41, 5.74) is 0.633. The molecule has 2 saturated carbocycles. The Labute approximate surface area is 132 Å². The van der Waals surface area contributed by atoms with Crippen molar-refractivity contribution in [2.24, 2.45) is 29.1 Å². The fraction of sp³-hybridized carbons (Fsp3) is 0.389. The number of hydrogen-bond acceptors (Lipinski definition) is 3. The highest BCUT2D eigenvalue weighted by Gasteiger charge is 2.73. The topological polar surface area (TPSA) is 74.7 Å². The van der Waals surface area contributed by atoms with Crippen molar-refractivity contribution < 1.29 is 19.5 Å². The van der Waals surface area contributed by atoms with Gasteiger partial charge in [-0.25, -0.2) is 9.69 Å². The van der Waals surface area contributed by atoms with Gasteiger partial charge in [-0.1, -0.05) is 18.2 Å². The lowest BCUT2D eigenvalue weighted by Crippen LogP contribution is -2.34. The second kappa shape index (κ2) is 3.91. The Morgan fingerprint density at radius 2 is 1.70 bits per heavy atom. The number of carboxylic acids is 1. The maximum atomic E-state index is 12.9. The fourth-order valence-corrected chi connectivity index (χ4v) is 5.11. The summed E-state index contributed by atoms with van der Waals surface area (Å²) < 4.78 is 0. The van der Waals surface area contributed by atoms with Crippen LogP contribution in [0, 0.1) is 29.1 Å². The Bertz CT molecular complexity index is 773. The zero-order valence-electron chi connectivity index (χ0n) is 12.3. The van der Waals surface area contributed by atoms with Gasteiger partial charge in [0.15, 0.2) is 0 Å². The molecule has 1 aromatic carbocycles. The number of rotatable bonds is 2. The van der Waals surface area contributed by atoms with Gasteiger partial charge >= 0.3 is 5.97 Å². The average Bonchev–Trinajstić information content (AvgIpc) is 3.13. The van der Waals surface area contributed by atoms with Crippen molar-refractivity contribution in [3.63, 3.8) is 0 Å². The number of hydrogen-bond donors (Lipinski definition) is 1. The highest BCUT2D eigenvalue weighted by molar-refractivity contribution is 6.23. The third kappa shape index (κ3) is 1.41. The second-order valence-corrected chi connectivity index (χ2v) is 7.09. The third-order valence-electron chi connectivity index (χ3n) is 6.20. The van der Waals surface area contributed by atoms with Crippen LogP contribution in [0.2, 0.25) is 0 Å². The molecule has 2 amide bonds. The van der Waals surface area contributed by atoms with Crippen LogP contribution in [0.15, 0.2) is 36.4 Å². The third-order valence-corrected chi connectivity index (χ3v) is 6.20. The van der Waals surface area contributed by atoms with Gasteiger partial charge in [0, 0.05) is 0 Å².